The van der Waals surface area contributed by atoms with E-state index in [0.29, 0.717) is 0 Å². The molecular weight excluding hydrogens is 268 g/mol. The molecule has 0 spiro atoms. The summed E-state index contributed by atoms with van der Waals surface area (Å²) in [4.78, 5) is 2.58. The van der Waals surface area contributed by atoms with Crippen LogP contribution in [0, 0.1) is 11.8 Å². The van der Waals surface area contributed by atoms with Gasteiger partial charge in [0.2, 0.25) is 0 Å². The number of nitrogens with zero attached hydrogens (tertiary/aromatic N) is 1. The van der Waals surface area contributed by atoms with Gasteiger partial charge in [0.25, 0.3) is 0 Å². The smallest absolute Gasteiger partial charge is 0.0233 e. The summed E-state index contributed by atoms with van der Waals surface area (Å²) in [7, 11) is 2.05. The van der Waals surface area contributed by atoms with Crippen molar-refractivity contribution in [2.45, 2.75) is 33.2 Å². The van der Waals surface area contributed by atoms with E-state index in [1.165, 1.54) is 37.1 Å². The summed E-state index contributed by atoms with van der Waals surface area (Å²) >= 11 is 0. The predicted molar refractivity (Wildman–Crippen MR) is 89.5 cm³/mol. The van der Waals surface area contributed by atoms with Crippen molar-refractivity contribution < 1.29 is 0 Å². The average Bonchev–Trinajstić information content (AvgIpc) is 2.79. The minimum absolute atomic E-state index is 0. The van der Waals surface area contributed by atoms with Crippen molar-refractivity contribution in [3.05, 3.63) is 35.4 Å². The molecule has 1 unspecified atom stereocenters. The number of hydrogen-bond donors (Lipinski definition) is 1. The van der Waals surface area contributed by atoms with Crippen LogP contribution >= 0.6 is 12.4 Å². The molecule has 0 aliphatic carbocycles. The molecule has 3 heteroatoms. The third-order valence-corrected chi connectivity index (χ3v) is 3.94. The van der Waals surface area contributed by atoms with Gasteiger partial charge in [-0.15, -0.1) is 12.4 Å². The van der Waals surface area contributed by atoms with Gasteiger partial charge >= 0.3 is 0 Å². The summed E-state index contributed by atoms with van der Waals surface area (Å²) in [6.45, 7) is 9.32. The third kappa shape index (κ3) is 5.43. The Hall–Kier alpha value is -0.570. The Morgan fingerprint density at radius 3 is 2.45 bits per heavy atom. The second kappa shape index (κ2) is 8.66. The van der Waals surface area contributed by atoms with Gasteiger partial charge < -0.3 is 5.32 Å². The summed E-state index contributed by atoms with van der Waals surface area (Å²) in [5.41, 5.74) is 2.92. The van der Waals surface area contributed by atoms with Crippen molar-refractivity contribution in [3.8, 4) is 0 Å². The first-order valence-corrected chi connectivity index (χ1v) is 7.62. The molecule has 114 valence electrons. The van der Waals surface area contributed by atoms with Crippen molar-refractivity contribution in [1.82, 2.24) is 10.2 Å². The zero-order valence-electron chi connectivity index (χ0n) is 13.1. The summed E-state index contributed by atoms with van der Waals surface area (Å²) in [5.74, 6) is 1.58. The molecule has 0 saturated carbocycles. The standard InChI is InChI=1S/C17H28N2.ClH/c1-14(2)10-15-4-6-16(7-5-15)12-19-9-8-17(13-19)11-18-3;/h4-7,14,17-18H,8-13H2,1-3H3;1H. The van der Waals surface area contributed by atoms with Gasteiger partial charge in [0, 0.05) is 13.1 Å². The molecule has 1 N–H and O–H groups in total. The largest absolute Gasteiger partial charge is 0.319 e. The van der Waals surface area contributed by atoms with E-state index in [0.717, 1.165) is 24.9 Å². The SMILES string of the molecule is CNCC1CCN(Cc2ccc(CC(C)C)cc2)C1.Cl. The maximum Gasteiger partial charge on any atom is 0.0233 e. The van der Waals surface area contributed by atoms with Crippen LogP contribution in [0.25, 0.3) is 0 Å². The van der Waals surface area contributed by atoms with Gasteiger partial charge in [-0.05, 0) is 55.9 Å². The van der Waals surface area contributed by atoms with Gasteiger partial charge in [-0.1, -0.05) is 38.1 Å². The van der Waals surface area contributed by atoms with Crippen molar-refractivity contribution in [1.29, 1.82) is 0 Å². The normalized spacial score (nSPS) is 19.3. The fourth-order valence-electron chi connectivity index (χ4n) is 3.02. The molecule has 1 fully saturated rings. The fraction of sp³-hybridized carbons (Fsp3) is 0.647. The zero-order chi connectivity index (χ0) is 13.7. The first kappa shape index (κ1) is 17.5. The Balaban J connectivity index is 0.00000200. The van der Waals surface area contributed by atoms with Gasteiger partial charge in [0.05, 0.1) is 0 Å². The highest BCUT2D eigenvalue weighted by atomic mass is 35.5. The van der Waals surface area contributed by atoms with Crippen LogP contribution in [0.15, 0.2) is 24.3 Å². The molecule has 1 saturated heterocycles. The van der Waals surface area contributed by atoms with Crippen molar-refractivity contribution in [2.24, 2.45) is 11.8 Å². The molecule has 0 aromatic heterocycles. The van der Waals surface area contributed by atoms with Crippen LogP contribution in [0.3, 0.4) is 0 Å². The van der Waals surface area contributed by atoms with Crippen molar-refractivity contribution >= 4 is 12.4 Å². The van der Waals surface area contributed by atoms with Gasteiger partial charge in [-0.25, -0.2) is 0 Å². The van der Waals surface area contributed by atoms with Crippen LogP contribution in [0.2, 0.25) is 0 Å². The number of hydrogen-bond acceptors (Lipinski definition) is 2. The Morgan fingerprint density at radius 2 is 1.85 bits per heavy atom. The topological polar surface area (TPSA) is 15.3 Å². The lowest BCUT2D eigenvalue weighted by Crippen LogP contribution is -2.24. The average molecular weight is 297 g/mol. The number of nitrogens with one attached hydrogen (secondary N) is 1. The van der Waals surface area contributed by atoms with Crippen LogP contribution in [-0.2, 0) is 13.0 Å². The van der Waals surface area contributed by atoms with Crippen LogP contribution in [0.1, 0.15) is 31.4 Å². The molecule has 1 heterocycles. The van der Waals surface area contributed by atoms with E-state index in [1.54, 1.807) is 0 Å². The van der Waals surface area contributed by atoms with Crippen molar-refractivity contribution in [2.75, 3.05) is 26.7 Å². The van der Waals surface area contributed by atoms with E-state index >= 15 is 0 Å². The highest BCUT2D eigenvalue weighted by molar-refractivity contribution is 5.85. The molecule has 1 aromatic rings. The maximum absolute atomic E-state index is 3.29. The number of rotatable bonds is 6. The fourth-order valence-corrected chi connectivity index (χ4v) is 3.02. The third-order valence-electron chi connectivity index (χ3n) is 3.94. The molecule has 0 amide bonds. The predicted octanol–water partition coefficient (Wildman–Crippen LogP) is 3.35. The lowest BCUT2D eigenvalue weighted by atomic mass is 10.0. The van der Waals surface area contributed by atoms with Gasteiger partial charge in [0.15, 0.2) is 0 Å². The zero-order valence-corrected chi connectivity index (χ0v) is 13.9. The Kier molecular flexibility index (Phi) is 7.57. The molecule has 1 atom stereocenters. The van der Waals surface area contributed by atoms with E-state index in [1.807, 2.05) is 0 Å². The van der Waals surface area contributed by atoms with Crippen LogP contribution in [0.5, 0.6) is 0 Å². The van der Waals surface area contributed by atoms with Gasteiger partial charge in [0.1, 0.15) is 0 Å². The first-order valence-electron chi connectivity index (χ1n) is 7.62. The molecule has 2 rings (SSSR count). The Morgan fingerprint density at radius 1 is 1.20 bits per heavy atom. The second-order valence-electron chi connectivity index (χ2n) is 6.36. The molecule has 1 aliphatic heterocycles. The molecule has 0 radical (unpaired) electrons. The number of benzene rings is 1. The van der Waals surface area contributed by atoms with Crippen LogP contribution in [-0.4, -0.2) is 31.6 Å². The molecule has 2 nitrogen and oxygen atoms in total. The van der Waals surface area contributed by atoms with E-state index in [2.05, 4.69) is 55.4 Å². The second-order valence-corrected chi connectivity index (χ2v) is 6.36. The Labute approximate surface area is 130 Å². The Bertz CT molecular complexity index is 375. The van der Waals surface area contributed by atoms with Crippen molar-refractivity contribution in [3.63, 3.8) is 0 Å². The molecule has 1 aromatic carbocycles. The van der Waals surface area contributed by atoms with Crippen LogP contribution in [0.4, 0.5) is 0 Å². The van der Waals surface area contributed by atoms with Crippen LogP contribution < -0.4 is 5.32 Å². The summed E-state index contributed by atoms with van der Waals surface area (Å²) < 4.78 is 0. The molecule has 20 heavy (non-hydrogen) atoms. The summed E-state index contributed by atoms with van der Waals surface area (Å²) in [6, 6.07) is 9.22. The van der Waals surface area contributed by atoms with E-state index in [-0.39, 0.29) is 12.4 Å². The quantitative estimate of drug-likeness (QED) is 0.866. The minimum Gasteiger partial charge on any atom is -0.319 e. The lowest BCUT2D eigenvalue weighted by Gasteiger charge is -2.16. The molecular formula is C17H29ClN2. The van der Waals surface area contributed by atoms with E-state index in [9.17, 15) is 0 Å². The molecule has 0 bridgehead atoms. The van der Waals surface area contributed by atoms with E-state index in [4.69, 9.17) is 0 Å². The number of likely N-dealkylation sites (tertiary alicyclic amines) is 1. The van der Waals surface area contributed by atoms with E-state index < -0.39 is 0 Å². The van der Waals surface area contributed by atoms with Gasteiger partial charge in [-0.2, -0.15) is 0 Å². The highest BCUT2D eigenvalue weighted by Crippen LogP contribution is 2.18. The first-order chi connectivity index (χ1) is 9.17. The highest BCUT2D eigenvalue weighted by Gasteiger charge is 2.21. The number of halogens is 1. The molecule has 1 aliphatic rings. The summed E-state index contributed by atoms with van der Waals surface area (Å²) in [5, 5.41) is 3.29. The maximum atomic E-state index is 3.29. The summed E-state index contributed by atoms with van der Waals surface area (Å²) in [6.07, 6.45) is 2.53. The monoisotopic (exact) mass is 296 g/mol. The lowest BCUT2D eigenvalue weighted by molar-refractivity contribution is 0.315. The minimum atomic E-state index is 0. The van der Waals surface area contributed by atoms with Gasteiger partial charge in [-0.3, -0.25) is 4.90 Å².